The number of nitrogens with two attached hydrogens (primary N) is 2. The van der Waals surface area contributed by atoms with Crippen molar-refractivity contribution in [1.29, 1.82) is 0 Å². The first-order valence-corrected chi connectivity index (χ1v) is 2.60. The summed E-state index contributed by atoms with van der Waals surface area (Å²) in [6.07, 6.45) is 0. The first-order valence-electron chi connectivity index (χ1n) is 2.60. The van der Waals surface area contributed by atoms with E-state index in [2.05, 4.69) is 11.5 Å². The van der Waals surface area contributed by atoms with Crippen molar-refractivity contribution in [3.05, 3.63) is 0 Å². The second kappa shape index (κ2) is 5.87. The lowest BCUT2D eigenvalue weighted by Gasteiger charge is -2.02. The fraction of sp³-hybridized carbons (Fsp3) is 0.600. The number of carbonyl (C=O) groups is 2. The van der Waals surface area contributed by atoms with Gasteiger partial charge in [-0.25, -0.2) is 4.79 Å². The van der Waals surface area contributed by atoms with Crippen molar-refractivity contribution in [2.75, 3.05) is 14.1 Å². The molecule has 0 atom stereocenters. The standard InChI is InChI=1S/C4H9NO.CH4N2O/c1-4(6)5(2)3;2-1(3)4/h1-3H3;(H4,2,3,4). The third-order valence-electron chi connectivity index (χ3n) is 0.630. The van der Waals surface area contributed by atoms with E-state index in [0.29, 0.717) is 0 Å². The predicted octanol–water partition coefficient (Wildman–Crippen LogP) is -0.882. The molecule has 0 bridgehead atoms. The van der Waals surface area contributed by atoms with Crippen molar-refractivity contribution in [1.82, 2.24) is 4.90 Å². The molecule has 4 N–H and O–H groups in total. The molecule has 0 aromatic carbocycles. The number of hydrogen-bond acceptors (Lipinski definition) is 2. The number of rotatable bonds is 0. The summed E-state index contributed by atoms with van der Waals surface area (Å²) in [5.74, 6) is 0.0926. The lowest BCUT2D eigenvalue weighted by atomic mass is 10.7. The molecule has 0 fully saturated rings. The van der Waals surface area contributed by atoms with E-state index >= 15 is 0 Å². The Morgan fingerprint density at radius 3 is 1.30 bits per heavy atom. The van der Waals surface area contributed by atoms with Crippen LogP contribution in [0.15, 0.2) is 0 Å². The van der Waals surface area contributed by atoms with Crippen LogP contribution in [-0.4, -0.2) is 30.9 Å². The normalized spacial score (nSPS) is 7.10. The molecular formula is C5H13N3O2. The van der Waals surface area contributed by atoms with Gasteiger partial charge < -0.3 is 16.4 Å². The molecule has 0 saturated heterocycles. The monoisotopic (exact) mass is 147 g/mol. The molecule has 0 saturated carbocycles. The van der Waals surface area contributed by atoms with Crippen LogP contribution in [0.25, 0.3) is 0 Å². The van der Waals surface area contributed by atoms with Crippen LogP contribution >= 0.6 is 0 Å². The van der Waals surface area contributed by atoms with Crippen LogP contribution in [0.3, 0.4) is 0 Å². The van der Waals surface area contributed by atoms with Gasteiger partial charge in [0, 0.05) is 21.0 Å². The molecule has 0 aliphatic heterocycles. The summed E-state index contributed by atoms with van der Waals surface area (Å²) in [6.45, 7) is 1.53. The zero-order chi connectivity index (χ0) is 8.73. The van der Waals surface area contributed by atoms with E-state index in [0.717, 1.165) is 0 Å². The SMILES string of the molecule is CC(=O)N(C)C.NC(N)=O. The summed E-state index contributed by atoms with van der Waals surface area (Å²) >= 11 is 0. The van der Waals surface area contributed by atoms with Crippen molar-refractivity contribution in [3.63, 3.8) is 0 Å². The fourth-order valence-electron chi connectivity index (χ4n) is 0. The number of urea groups is 1. The zero-order valence-electron chi connectivity index (χ0n) is 6.42. The molecule has 5 heteroatoms. The summed E-state index contributed by atoms with van der Waals surface area (Å²) in [5, 5.41) is 0. The first kappa shape index (κ1) is 11.5. The van der Waals surface area contributed by atoms with Gasteiger partial charge in [0.1, 0.15) is 0 Å². The molecule has 0 unspecified atom stereocenters. The number of amides is 3. The highest BCUT2D eigenvalue weighted by Crippen LogP contribution is 1.69. The van der Waals surface area contributed by atoms with Crippen LogP contribution in [0, 0.1) is 0 Å². The van der Waals surface area contributed by atoms with Gasteiger partial charge in [-0.2, -0.15) is 0 Å². The highest BCUT2D eigenvalue weighted by molar-refractivity contribution is 5.72. The van der Waals surface area contributed by atoms with Crippen LogP contribution in [0.2, 0.25) is 0 Å². The van der Waals surface area contributed by atoms with E-state index in [9.17, 15) is 4.79 Å². The Labute approximate surface area is 60.0 Å². The summed E-state index contributed by atoms with van der Waals surface area (Å²) in [6, 6.07) is -0.833. The molecule has 3 amide bonds. The second-order valence-electron chi connectivity index (χ2n) is 1.82. The lowest BCUT2D eigenvalue weighted by molar-refractivity contribution is -0.126. The molecular weight excluding hydrogens is 134 g/mol. The van der Waals surface area contributed by atoms with Crippen LogP contribution in [0.1, 0.15) is 6.92 Å². The number of nitrogens with zero attached hydrogens (tertiary/aromatic N) is 1. The molecule has 0 spiro atoms. The minimum Gasteiger partial charge on any atom is -0.352 e. The highest BCUT2D eigenvalue weighted by atomic mass is 16.2. The van der Waals surface area contributed by atoms with Crippen molar-refractivity contribution >= 4 is 11.9 Å². The second-order valence-corrected chi connectivity index (χ2v) is 1.82. The molecule has 60 valence electrons. The maximum absolute atomic E-state index is 10.1. The highest BCUT2D eigenvalue weighted by Gasteiger charge is 1.87. The molecule has 0 aliphatic rings. The van der Waals surface area contributed by atoms with Gasteiger partial charge in [0.05, 0.1) is 0 Å². The summed E-state index contributed by atoms with van der Waals surface area (Å²) in [4.78, 5) is 20.6. The molecule has 5 nitrogen and oxygen atoms in total. The largest absolute Gasteiger partial charge is 0.352 e. The van der Waals surface area contributed by atoms with Crippen molar-refractivity contribution in [2.45, 2.75) is 6.92 Å². The average molecular weight is 147 g/mol. The molecule has 0 aromatic heterocycles. The Morgan fingerprint density at radius 1 is 1.20 bits per heavy atom. The first-order chi connectivity index (χ1) is 4.37. The minimum atomic E-state index is -0.833. The Hall–Kier alpha value is -1.26. The summed E-state index contributed by atoms with van der Waals surface area (Å²) in [5.41, 5.74) is 8.50. The van der Waals surface area contributed by atoms with Crippen LogP contribution < -0.4 is 11.5 Å². The minimum absolute atomic E-state index is 0.0926. The quantitative estimate of drug-likeness (QED) is 0.466. The van der Waals surface area contributed by atoms with Gasteiger partial charge in [-0.3, -0.25) is 4.79 Å². The van der Waals surface area contributed by atoms with Crippen molar-refractivity contribution in [3.8, 4) is 0 Å². The molecule has 0 aromatic rings. The topological polar surface area (TPSA) is 89.4 Å². The zero-order valence-corrected chi connectivity index (χ0v) is 6.42. The van der Waals surface area contributed by atoms with Crippen LogP contribution in [-0.2, 0) is 4.79 Å². The summed E-state index contributed by atoms with van der Waals surface area (Å²) < 4.78 is 0. The van der Waals surface area contributed by atoms with E-state index in [-0.39, 0.29) is 5.91 Å². The van der Waals surface area contributed by atoms with Gasteiger partial charge in [-0.05, 0) is 0 Å². The Kier molecular flexibility index (Phi) is 6.76. The Bertz CT molecular complexity index is 118. The fourth-order valence-corrected chi connectivity index (χ4v) is 0. The van der Waals surface area contributed by atoms with Gasteiger partial charge >= 0.3 is 6.03 Å². The maximum atomic E-state index is 10.1. The third kappa shape index (κ3) is 29.6. The van der Waals surface area contributed by atoms with E-state index in [1.165, 1.54) is 11.8 Å². The number of carbonyl (C=O) groups excluding carboxylic acids is 2. The van der Waals surface area contributed by atoms with E-state index < -0.39 is 6.03 Å². The van der Waals surface area contributed by atoms with Gasteiger partial charge in [0.2, 0.25) is 5.91 Å². The Morgan fingerprint density at radius 2 is 1.30 bits per heavy atom. The molecule has 0 radical (unpaired) electrons. The van der Waals surface area contributed by atoms with E-state index in [1.54, 1.807) is 14.1 Å². The Balaban J connectivity index is 0. The van der Waals surface area contributed by atoms with Gasteiger partial charge in [-0.1, -0.05) is 0 Å². The molecule has 0 rings (SSSR count). The summed E-state index contributed by atoms with van der Waals surface area (Å²) in [7, 11) is 3.45. The predicted molar refractivity (Wildman–Crippen MR) is 38.1 cm³/mol. The van der Waals surface area contributed by atoms with Crippen molar-refractivity contribution in [2.24, 2.45) is 11.5 Å². The van der Waals surface area contributed by atoms with E-state index in [4.69, 9.17) is 4.79 Å². The number of primary amides is 2. The van der Waals surface area contributed by atoms with Gasteiger partial charge in [0.25, 0.3) is 0 Å². The van der Waals surface area contributed by atoms with Crippen molar-refractivity contribution < 1.29 is 9.59 Å². The molecule has 10 heavy (non-hydrogen) atoms. The van der Waals surface area contributed by atoms with E-state index in [1.807, 2.05) is 0 Å². The van der Waals surface area contributed by atoms with Crippen LogP contribution in [0.4, 0.5) is 4.79 Å². The molecule has 0 aliphatic carbocycles. The molecule has 0 heterocycles. The number of hydrogen-bond donors (Lipinski definition) is 2. The van der Waals surface area contributed by atoms with Gasteiger partial charge in [0.15, 0.2) is 0 Å². The average Bonchev–Trinajstić information content (AvgIpc) is 1.63. The smallest absolute Gasteiger partial charge is 0.309 e. The lowest BCUT2D eigenvalue weighted by Crippen LogP contribution is -2.18. The third-order valence-corrected chi connectivity index (χ3v) is 0.630. The maximum Gasteiger partial charge on any atom is 0.309 e. The van der Waals surface area contributed by atoms with Crippen LogP contribution in [0.5, 0.6) is 0 Å². The van der Waals surface area contributed by atoms with Gasteiger partial charge in [-0.15, -0.1) is 0 Å².